The van der Waals surface area contributed by atoms with Gasteiger partial charge in [-0.05, 0) is 32.0 Å². The van der Waals surface area contributed by atoms with Gasteiger partial charge in [0, 0.05) is 36.7 Å². The maximum absolute atomic E-state index is 13.4. The van der Waals surface area contributed by atoms with E-state index in [-0.39, 0.29) is 11.8 Å². The van der Waals surface area contributed by atoms with Gasteiger partial charge in [-0.2, -0.15) is 0 Å². The van der Waals surface area contributed by atoms with E-state index in [1.165, 1.54) is 6.26 Å². The van der Waals surface area contributed by atoms with Gasteiger partial charge in [-0.1, -0.05) is 11.2 Å². The molecule has 2 aliphatic rings. The molecule has 3 aromatic heterocycles. The number of hydrogen-bond donors (Lipinski definition) is 0. The summed E-state index contributed by atoms with van der Waals surface area (Å²) in [5.41, 5.74) is 2.32. The lowest BCUT2D eigenvalue weighted by molar-refractivity contribution is -0.00614. The average molecular weight is 377 g/mol. The van der Waals surface area contributed by atoms with Gasteiger partial charge in [-0.3, -0.25) is 14.6 Å². The standard InChI is InChI=1S/C20H19N5O3/c1-13-5-6-15(10-21-13)20-12-23-7-3-4-17(23)19(27)25(20)9-8-24(20)18(26)16-11-28-22-14(16)2/h3-7,10-11H,8-9,12H2,1-2H3/t20-/m0/s1. The lowest BCUT2D eigenvalue weighted by atomic mass is 9.95. The van der Waals surface area contributed by atoms with E-state index in [4.69, 9.17) is 4.52 Å². The minimum Gasteiger partial charge on any atom is -0.364 e. The number of aromatic nitrogens is 3. The second-order valence-corrected chi connectivity index (χ2v) is 7.25. The van der Waals surface area contributed by atoms with Gasteiger partial charge >= 0.3 is 0 Å². The first-order valence-corrected chi connectivity index (χ1v) is 9.15. The molecule has 0 bridgehead atoms. The molecular weight excluding hydrogens is 358 g/mol. The van der Waals surface area contributed by atoms with E-state index in [1.807, 2.05) is 42.0 Å². The van der Waals surface area contributed by atoms with Crippen molar-refractivity contribution in [2.45, 2.75) is 26.1 Å². The van der Waals surface area contributed by atoms with Crippen LogP contribution in [-0.2, 0) is 12.2 Å². The van der Waals surface area contributed by atoms with Gasteiger partial charge in [0.15, 0.2) is 5.66 Å². The smallest absolute Gasteiger partial charge is 0.272 e. The zero-order valence-corrected chi connectivity index (χ0v) is 15.6. The quantitative estimate of drug-likeness (QED) is 0.682. The number of rotatable bonds is 2. The lowest BCUT2D eigenvalue weighted by Gasteiger charge is -2.47. The number of hydrogen-bond acceptors (Lipinski definition) is 5. The predicted molar refractivity (Wildman–Crippen MR) is 98.4 cm³/mol. The van der Waals surface area contributed by atoms with Crippen LogP contribution in [0.15, 0.2) is 47.4 Å². The fourth-order valence-corrected chi connectivity index (χ4v) is 4.30. The van der Waals surface area contributed by atoms with Crippen LogP contribution in [0.2, 0.25) is 0 Å². The molecule has 1 saturated heterocycles. The first-order valence-electron chi connectivity index (χ1n) is 9.15. The molecule has 0 aromatic carbocycles. The molecule has 5 rings (SSSR count). The molecule has 5 heterocycles. The lowest BCUT2D eigenvalue weighted by Crippen LogP contribution is -2.60. The third kappa shape index (κ3) is 2.11. The van der Waals surface area contributed by atoms with Crippen molar-refractivity contribution in [1.29, 1.82) is 0 Å². The molecule has 0 N–H and O–H groups in total. The van der Waals surface area contributed by atoms with Crippen LogP contribution in [0.4, 0.5) is 0 Å². The van der Waals surface area contributed by atoms with Crippen molar-refractivity contribution >= 4 is 11.8 Å². The Bertz CT molecular complexity index is 1080. The molecule has 0 spiro atoms. The van der Waals surface area contributed by atoms with E-state index in [1.54, 1.807) is 22.9 Å². The Kier molecular flexibility index (Phi) is 3.46. The number of carbonyl (C=O) groups excluding carboxylic acids is 2. The largest absolute Gasteiger partial charge is 0.364 e. The van der Waals surface area contributed by atoms with Crippen molar-refractivity contribution in [2.75, 3.05) is 13.1 Å². The number of amides is 2. The summed E-state index contributed by atoms with van der Waals surface area (Å²) in [4.78, 5) is 34.7. The number of carbonyl (C=O) groups is 2. The highest BCUT2D eigenvalue weighted by atomic mass is 16.5. The Morgan fingerprint density at radius 1 is 1.21 bits per heavy atom. The second-order valence-electron chi connectivity index (χ2n) is 7.25. The number of pyridine rings is 1. The van der Waals surface area contributed by atoms with Crippen LogP contribution >= 0.6 is 0 Å². The molecule has 8 heteroatoms. The molecule has 0 radical (unpaired) electrons. The minimum absolute atomic E-state index is 0.0887. The van der Waals surface area contributed by atoms with E-state index < -0.39 is 5.66 Å². The van der Waals surface area contributed by atoms with Gasteiger partial charge in [0.2, 0.25) is 0 Å². The van der Waals surface area contributed by atoms with E-state index in [2.05, 4.69) is 10.1 Å². The van der Waals surface area contributed by atoms with Crippen LogP contribution < -0.4 is 0 Å². The van der Waals surface area contributed by atoms with E-state index in [9.17, 15) is 9.59 Å². The Morgan fingerprint density at radius 2 is 2.07 bits per heavy atom. The normalized spacial score (nSPS) is 21.0. The van der Waals surface area contributed by atoms with Crippen molar-refractivity contribution < 1.29 is 14.1 Å². The fourth-order valence-electron chi connectivity index (χ4n) is 4.30. The van der Waals surface area contributed by atoms with E-state index >= 15 is 0 Å². The summed E-state index contributed by atoms with van der Waals surface area (Å²) in [6, 6.07) is 7.52. The van der Waals surface area contributed by atoms with Crippen LogP contribution in [0.3, 0.4) is 0 Å². The highest BCUT2D eigenvalue weighted by molar-refractivity contribution is 5.98. The Balaban J connectivity index is 1.70. The summed E-state index contributed by atoms with van der Waals surface area (Å²) in [6.45, 7) is 4.97. The molecular formula is C20H19N5O3. The molecule has 1 fully saturated rings. The van der Waals surface area contributed by atoms with Crippen LogP contribution in [-0.4, -0.2) is 49.4 Å². The highest BCUT2D eigenvalue weighted by Crippen LogP contribution is 2.43. The second kappa shape index (κ2) is 5.79. The van der Waals surface area contributed by atoms with Crippen LogP contribution in [0.5, 0.6) is 0 Å². The SMILES string of the molecule is Cc1ccc([C@]23Cn4cccc4C(=O)N2CCN3C(=O)c2conc2C)cn1. The van der Waals surface area contributed by atoms with Gasteiger partial charge in [0.05, 0.1) is 12.2 Å². The third-order valence-corrected chi connectivity index (χ3v) is 5.72. The molecule has 28 heavy (non-hydrogen) atoms. The summed E-state index contributed by atoms with van der Waals surface area (Å²) in [6.07, 6.45) is 5.00. The third-order valence-electron chi connectivity index (χ3n) is 5.72. The van der Waals surface area contributed by atoms with Gasteiger partial charge in [0.1, 0.15) is 17.5 Å². The molecule has 2 aliphatic heterocycles. The van der Waals surface area contributed by atoms with E-state index in [0.29, 0.717) is 36.6 Å². The van der Waals surface area contributed by atoms with Crippen molar-refractivity contribution in [3.63, 3.8) is 0 Å². The topological polar surface area (TPSA) is 84.5 Å². The molecule has 0 saturated carbocycles. The summed E-state index contributed by atoms with van der Waals surface area (Å²) in [5.74, 6) is -0.292. The Labute approximate surface area is 161 Å². The molecule has 0 unspecified atom stereocenters. The number of nitrogens with zero attached hydrogens (tertiary/aromatic N) is 5. The van der Waals surface area contributed by atoms with Crippen molar-refractivity contribution in [2.24, 2.45) is 0 Å². The molecule has 3 aromatic rings. The average Bonchev–Trinajstić information content (AvgIpc) is 3.40. The Hall–Kier alpha value is -3.42. The predicted octanol–water partition coefficient (Wildman–Crippen LogP) is 1.95. The zero-order chi connectivity index (χ0) is 19.5. The Morgan fingerprint density at radius 3 is 2.79 bits per heavy atom. The minimum atomic E-state index is -0.940. The molecule has 1 atom stereocenters. The molecule has 8 nitrogen and oxygen atoms in total. The summed E-state index contributed by atoms with van der Waals surface area (Å²) in [5, 5.41) is 3.84. The van der Waals surface area contributed by atoms with Crippen molar-refractivity contribution in [1.82, 2.24) is 24.5 Å². The van der Waals surface area contributed by atoms with Crippen LogP contribution in [0.1, 0.15) is 37.8 Å². The monoisotopic (exact) mass is 377 g/mol. The van der Waals surface area contributed by atoms with Gasteiger partial charge < -0.3 is 18.9 Å². The van der Waals surface area contributed by atoms with Crippen molar-refractivity contribution in [3.8, 4) is 0 Å². The fraction of sp³-hybridized carbons (Fsp3) is 0.300. The molecule has 2 amide bonds. The molecule has 0 aliphatic carbocycles. The van der Waals surface area contributed by atoms with Gasteiger partial charge in [-0.15, -0.1) is 0 Å². The number of fused-ring (bicyclic) bond motifs is 2. The first-order chi connectivity index (χ1) is 13.5. The zero-order valence-electron chi connectivity index (χ0n) is 15.6. The summed E-state index contributed by atoms with van der Waals surface area (Å²) >= 11 is 0. The van der Waals surface area contributed by atoms with Crippen LogP contribution in [0, 0.1) is 13.8 Å². The van der Waals surface area contributed by atoms with Gasteiger partial charge in [-0.25, -0.2) is 0 Å². The van der Waals surface area contributed by atoms with Gasteiger partial charge in [0.25, 0.3) is 11.8 Å². The maximum Gasteiger partial charge on any atom is 0.272 e. The van der Waals surface area contributed by atoms with Crippen LogP contribution in [0.25, 0.3) is 0 Å². The highest BCUT2D eigenvalue weighted by Gasteiger charge is 2.56. The number of aryl methyl sites for hydroxylation is 2. The summed E-state index contributed by atoms with van der Waals surface area (Å²) in [7, 11) is 0. The maximum atomic E-state index is 13.4. The molecule has 142 valence electrons. The summed E-state index contributed by atoms with van der Waals surface area (Å²) < 4.78 is 6.89. The first kappa shape index (κ1) is 16.7. The van der Waals surface area contributed by atoms with E-state index in [0.717, 1.165) is 11.3 Å². The van der Waals surface area contributed by atoms with Crippen molar-refractivity contribution in [3.05, 3.63) is 71.1 Å².